The quantitative estimate of drug-likeness (QED) is 0.335. The molecular formula is C8H13N5O2S. The van der Waals surface area contributed by atoms with Crippen LogP contribution in [0, 0.1) is 5.92 Å². The minimum absolute atomic E-state index is 0.0936. The van der Waals surface area contributed by atoms with Crippen LogP contribution >= 0.6 is 11.5 Å². The first kappa shape index (κ1) is 12.4. The van der Waals surface area contributed by atoms with E-state index in [2.05, 4.69) is 14.7 Å². The van der Waals surface area contributed by atoms with Crippen molar-refractivity contribution in [2.45, 2.75) is 6.92 Å². The Morgan fingerprint density at radius 1 is 1.81 bits per heavy atom. The molecule has 8 heteroatoms. The van der Waals surface area contributed by atoms with Gasteiger partial charge in [0.1, 0.15) is 5.84 Å². The first-order chi connectivity index (χ1) is 7.56. The molecule has 1 unspecified atom stereocenters. The third-order valence-electron chi connectivity index (χ3n) is 2.09. The fraction of sp³-hybridized carbons (Fsp3) is 0.500. The summed E-state index contributed by atoms with van der Waals surface area (Å²) in [6, 6.07) is 0. The van der Waals surface area contributed by atoms with E-state index in [1.807, 2.05) is 0 Å². The van der Waals surface area contributed by atoms with Crippen molar-refractivity contribution in [2.24, 2.45) is 16.8 Å². The van der Waals surface area contributed by atoms with Crippen molar-refractivity contribution >= 4 is 23.3 Å². The number of amidine groups is 1. The zero-order valence-electron chi connectivity index (χ0n) is 8.99. The summed E-state index contributed by atoms with van der Waals surface area (Å²) in [5.41, 5.74) is 5.72. The van der Waals surface area contributed by atoms with Gasteiger partial charge in [-0.25, -0.2) is 0 Å². The molecule has 1 rings (SSSR count). The summed E-state index contributed by atoms with van der Waals surface area (Å²) in [5, 5.41) is 16.6. The van der Waals surface area contributed by atoms with E-state index in [-0.39, 0.29) is 17.7 Å². The maximum atomic E-state index is 11.7. The Morgan fingerprint density at radius 3 is 3.00 bits per heavy atom. The van der Waals surface area contributed by atoms with Gasteiger partial charge in [0, 0.05) is 24.9 Å². The Bertz CT molecular complexity index is 378. The highest BCUT2D eigenvalue weighted by Gasteiger charge is 2.18. The Kier molecular flexibility index (Phi) is 4.18. The molecule has 1 heterocycles. The number of rotatable bonds is 4. The van der Waals surface area contributed by atoms with Gasteiger partial charge in [-0.1, -0.05) is 16.6 Å². The Balaban J connectivity index is 2.59. The lowest BCUT2D eigenvalue weighted by Gasteiger charge is -2.19. The first-order valence-corrected chi connectivity index (χ1v) is 5.39. The number of hydrogen-bond acceptors (Lipinski definition) is 6. The molecule has 88 valence electrons. The van der Waals surface area contributed by atoms with Crippen molar-refractivity contribution in [1.82, 2.24) is 14.5 Å². The number of nitrogens with zero attached hydrogens (tertiary/aromatic N) is 4. The lowest BCUT2D eigenvalue weighted by Crippen LogP contribution is -2.36. The Hall–Kier alpha value is -1.70. The molecule has 0 aliphatic heterocycles. The van der Waals surface area contributed by atoms with Crippen molar-refractivity contribution in [2.75, 3.05) is 13.6 Å². The van der Waals surface area contributed by atoms with Gasteiger partial charge in [-0.05, 0) is 11.5 Å². The van der Waals surface area contributed by atoms with Crippen molar-refractivity contribution in [3.05, 3.63) is 11.1 Å². The van der Waals surface area contributed by atoms with Gasteiger partial charge in [0.05, 0.1) is 0 Å². The summed E-state index contributed by atoms with van der Waals surface area (Å²) in [4.78, 5) is 13.2. The van der Waals surface area contributed by atoms with Crippen molar-refractivity contribution < 1.29 is 10.0 Å². The molecule has 0 aliphatic carbocycles. The molecule has 0 aliphatic rings. The van der Waals surface area contributed by atoms with Gasteiger partial charge in [0.2, 0.25) is 0 Å². The van der Waals surface area contributed by atoms with Crippen LogP contribution in [-0.4, -0.2) is 45.0 Å². The van der Waals surface area contributed by atoms with Crippen LogP contribution in [0.3, 0.4) is 0 Å². The lowest BCUT2D eigenvalue weighted by atomic mass is 10.1. The van der Waals surface area contributed by atoms with Crippen molar-refractivity contribution in [1.29, 1.82) is 0 Å². The largest absolute Gasteiger partial charge is 0.409 e. The number of hydrogen-bond donors (Lipinski definition) is 2. The molecule has 0 bridgehead atoms. The molecule has 16 heavy (non-hydrogen) atoms. The number of aromatic nitrogens is 2. The van der Waals surface area contributed by atoms with E-state index in [9.17, 15) is 4.79 Å². The predicted molar refractivity (Wildman–Crippen MR) is 59.4 cm³/mol. The molecule has 0 saturated carbocycles. The van der Waals surface area contributed by atoms with Crippen LogP contribution in [0.15, 0.2) is 10.5 Å². The third-order valence-corrected chi connectivity index (χ3v) is 2.60. The van der Waals surface area contributed by atoms with Crippen LogP contribution in [0.1, 0.15) is 17.4 Å². The fourth-order valence-corrected chi connectivity index (χ4v) is 1.57. The normalized spacial score (nSPS) is 13.5. The van der Waals surface area contributed by atoms with Crippen LogP contribution in [0.2, 0.25) is 0 Å². The second-order valence-corrected chi connectivity index (χ2v) is 4.01. The number of oxime groups is 1. The maximum Gasteiger partial charge on any atom is 0.275 e. The molecule has 1 atom stereocenters. The number of nitrogens with two attached hydrogens (primary N) is 1. The van der Waals surface area contributed by atoms with Gasteiger partial charge < -0.3 is 15.8 Å². The van der Waals surface area contributed by atoms with Gasteiger partial charge >= 0.3 is 0 Å². The zero-order chi connectivity index (χ0) is 12.1. The summed E-state index contributed by atoms with van der Waals surface area (Å²) in [6.45, 7) is 2.12. The minimum atomic E-state index is -0.230. The Morgan fingerprint density at radius 2 is 2.50 bits per heavy atom. The molecule has 0 saturated heterocycles. The van der Waals surface area contributed by atoms with Crippen LogP contribution < -0.4 is 5.73 Å². The summed E-state index contributed by atoms with van der Waals surface area (Å²) >= 11 is 1.12. The summed E-state index contributed by atoms with van der Waals surface area (Å²) < 4.78 is 3.61. The van der Waals surface area contributed by atoms with E-state index in [0.29, 0.717) is 12.2 Å². The van der Waals surface area contributed by atoms with Crippen molar-refractivity contribution in [3.8, 4) is 0 Å². The van der Waals surface area contributed by atoms with Gasteiger partial charge in [0.25, 0.3) is 5.91 Å². The molecular weight excluding hydrogens is 230 g/mol. The highest BCUT2D eigenvalue weighted by molar-refractivity contribution is 7.03. The third kappa shape index (κ3) is 2.89. The number of carbonyl (C=O) groups excluding carboxylic acids is 1. The van der Waals surface area contributed by atoms with E-state index in [0.717, 1.165) is 11.5 Å². The zero-order valence-corrected chi connectivity index (χ0v) is 9.81. The van der Waals surface area contributed by atoms with E-state index >= 15 is 0 Å². The highest BCUT2D eigenvalue weighted by atomic mass is 32.1. The first-order valence-electron chi connectivity index (χ1n) is 4.56. The van der Waals surface area contributed by atoms with Crippen LogP contribution in [0.4, 0.5) is 0 Å². The fourth-order valence-electron chi connectivity index (χ4n) is 1.14. The van der Waals surface area contributed by atoms with Gasteiger partial charge in [-0.2, -0.15) is 0 Å². The van der Waals surface area contributed by atoms with Gasteiger partial charge in [-0.3, -0.25) is 4.79 Å². The van der Waals surface area contributed by atoms with E-state index in [1.54, 1.807) is 19.4 Å². The monoisotopic (exact) mass is 243 g/mol. The van der Waals surface area contributed by atoms with E-state index < -0.39 is 0 Å². The highest BCUT2D eigenvalue weighted by Crippen LogP contribution is 2.05. The SMILES string of the molecule is CC(CN(C)C(=O)c1csnn1)C(N)=NO. The Labute approximate surface area is 96.7 Å². The smallest absolute Gasteiger partial charge is 0.275 e. The number of carbonyl (C=O) groups is 1. The molecule has 3 N–H and O–H groups in total. The molecule has 1 amide bonds. The molecule has 7 nitrogen and oxygen atoms in total. The maximum absolute atomic E-state index is 11.7. The lowest BCUT2D eigenvalue weighted by molar-refractivity contribution is 0.0780. The standard InChI is InChI=1S/C8H13N5O2S/c1-5(7(9)11-15)3-13(2)8(14)6-4-16-12-10-6/h4-5,15H,3H2,1-2H3,(H2,9,11). The minimum Gasteiger partial charge on any atom is -0.409 e. The number of amides is 1. The van der Waals surface area contributed by atoms with E-state index in [1.165, 1.54) is 4.90 Å². The summed E-state index contributed by atoms with van der Waals surface area (Å²) in [6.07, 6.45) is 0. The van der Waals surface area contributed by atoms with E-state index in [4.69, 9.17) is 10.9 Å². The van der Waals surface area contributed by atoms with Crippen molar-refractivity contribution in [3.63, 3.8) is 0 Å². The van der Waals surface area contributed by atoms with Crippen LogP contribution in [0.5, 0.6) is 0 Å². The molecule has 1 aromatic rings. The molecule has 0 fully saturated rings. The van der Waals surface area contributed by atoms with Crippen LogP contribution in [-0.2, 0) is 0 Å². The second-order valence-electron chi connectivity index (χ2n) is 3.40. The second kappa shape index (κ2) is 5.40. The molecule has 1 aromatic heterocycles. The average molecular weight is 243 g/mol. The summed E-state index contributed by atoms with van der Waals surface area (Å²) in [7, 11) is 1.63. The predicted octanol–water partition coefficient (Wildman–Crippen LogP) is -0.00740. The average Bonchev–Trinajstić information content (AvgIpc) is 2.79. The van der Waals surface area contributed by atoms with Gasteiger partial charge in [-0.15, -0.1) is 5.10 Å². The topological polar surface area (TPSA) is 105 Å². The van der Waals surface area contributed by atoms with Gasteiger partial charge in [0.15, 0.2) is 5.69 Å². The molecule has 0 aromatic carbocycles. The summed E-state index contributed by atoms with van der Waals surface area (Å²) in [5.74, 6) is -0.354. The molecule has 0 spiro atoms. The van der Waals surface area contributed by atoms with Crippen LogP contribution in [0.25, 0.3) is 0 Å². The molecule has 0 radical (unpaired) electrons.